The van der Waals surface area contributed by atoms with Crippen LogP contribution in [-0.4, -0.2) is 37.4 Å². The van der Waals surface area contributed by atoms with E-state index in [1.54, 1.807) is 6.92 Å². The number of nitrogens with two attached hydrogens (primary N) is 1. The maximum atomic E-state index is 11.7. The molecule has 18 heavy (non-hydrogen) atoms. The van der Waals surface area contributed by atoms with Crippen molar-refractivity contribution in [1.82, 2.24) is 20.0 Å². The normalized spacial score (nSPS) is 11.0. The monoisotopic (exact) mass is 274 g/mol. The molecule has 0 radical (unpaired) electrons. The number of carbonyl (C=O) groups excluding carboxylic acids is 1. The van der Waals surface area contributed by atoms with Crippen molar-refractivity contribution in [3.05, 3.63) is 12.4 Å². The Morgan fingerprint density at radius 1 is 1.39 bits per heavy atom. The molecule has 0 aromatic carbocycles. The maximum absolute atomic E-state index is 11.7. The second-order valence-electron chi connectivity index (χ2n) is 3.16. The number of hydrogen-bond donors (Lipinski definition) is 4. The van der Waals surface area contributed by atoms with E-state index in [4.69, 9.17) is 5.84 Å². The average molecular weight is 274 g/mol. The van der Waals surface area contributed by atoms with Gasteiger partial charge < -0.3 is 5.32 Å². The molecule has 0 aliphatic heterocycles. The molecular weight excluding hydrogens is 260 g/mol. The van der Waals surface area contributed by atoms with Crippen LogP contribution in [0.2, 0.25) is 0 Å². The zero-order chi connectivity index (χ0) is 13.6. The number of nitrogens with one attached hydrogen (secondary N) is 3. The van der Waals surface area contributed by atoms with Gasteiger partial charge in [0, 0.05) is 6.54 Å². The van der Waals surface area contributed by atoms with Gasteiger partial charge in [0.2, 0.25) is 21.9 Å². The van der Waals surface area contributed by atoms with E-state index in [9.17, 15) is 13.2 Å². The van der Waals surface area contributed by atoms with Crippen molar-refractivity contribution >= 4 is 21.9 Å². The number of carbonyl (C=O) groups is 1. The fourth-order valence-electron chi connectivity index (χ4n) is 1.03. The summed E-state index contributed by atoms with van der Waals surface area (Å²) in [7, 11) is -3.80. The van der Waals surface area contributed by atoms with Crippen LogP contribution < -0.4 is 21.3 Å². The molecule has 0 saturated heterocycles. The Hall–Kier alpha value is -1.78. The summed E-state index contributed by atoms with van der Waals surface area (Å²) in [6, 6.07) is 0. The van der Waals surface area contributed by atoms with E-state index >= 15 is 0 Å². The molecule has 0 aliphatic rings. The molecule has 0 spiro atoms. The minimum absolute atomic E-state index is 0.0951. The lowest BCUT2D eigenvalue weighted by molar-refractivity contribution is -0.119. The lowest BCUT2D eigenvalue weighted by Gasteiger charge is -2.06. The zero-order valence-corrected chi connectivity index (χ0v) is 10.5. The van der Waals surface area contributed by atoms with Gasteiger partial charge in [-0.05, 0) is 6.92 Å². The van der Waals surface area contributed by atoms with E-state index in [1.165, 1.54) is 0 Å². The number of likely N-dealkylation sites (N-methyl/N-ethyl adjacent to an activating group) is 1. The van der Waals surface area contributed by atoms with Crippen molar-refractivity contribution in [2.24, 2.45) is 5.84 Å². The number of anilines is 1. The van der Waals surface area contributed by atoms with Crippen LogP contribution in [0.25, 0.3) is 0 Å². The van der Waals surface area contributed by atoms with Gasteiger partial charge in [0.1, 0.15) is 4.90 Å². The van der Waals surface area contributed by atoms with Crippen molar-refractivity contribution in [2.45, 2.75) is 11.8 Å². The number of hydrogen-bond acceptors (Lipinski definition) is 7. The molecular formula is C8H14N6O3S. The Bertz CT molecular complexity index is 500. The topological polar surface area (TPSA) is 139 Å². The second kappa shape index (κ2) is 6.23. The molecule has 1 amide bonds. The number of hydrazine groups is 1. The molecule has 1 aromatic heterocycles. The van der Waals surface area contributed by atoms with Crippen LogP contribution in [0.15, 0.2) is 17.3 Å². The summed E-state index contributed by atoms with van der Waals surface area (Å²) in [5.41, 5.74) is 2.17. The molecule has 1 heterocycles. The molecule has 10 heteroatoms. The molecule has 0 aliphatic carbocycles. The molecule has 5 N–H and O–H groups in total. The molecule has 9 nitrogen and oxygen atoms in total. The Balaban J connectivity index is 2.70. The van der Waals surface area contributed by atoms with Crippen molar-refractivity contribution in [3.8, 4) is 0 Å². The van der Waals surface area contributed by atoms with Crippen molar-refractivity contribution in [1.29, 1.82) is 0 Å². The van der Waals surface area contributed by atoms with Crippen LogP contribution in [0.4, 0.5) is 5.95 Å². The summed E-state index contributed by atoms with van der Waals surface area (Å²) < 4.78 is 25.6. The van der Waals surface area contributed by atoms with E-state index < -0.39 is 15.9 Å². The number of rotatable bonds is 6. The Morgan fingerprint density at radius 2 is 2.00 bits per heavy atom. The van der Waals surface area contributed by atoms with Crippen LogP contribution in [0.1, 0.15) is 6.92 Å². The molecule has 1 rings (SSSR count). The van der Waals surface area contributed by atoms with Gasteiger partial charge in [0.25, 0.3) is 0 Å². The summed E-state index contributed by atoms with van der Waals surface area (Å²) >= 11 is 0. The van der Waals surface area contributed by atoms with Gasteiger partial charge in [-0.15, -0.1) is 0 Å². The van der Waals surface area contributed by atoms with Crippen LogP contribution in [-0.2, 0) is 14.8 Å². The summed E-state index contributed by atoms with van der Waals surface area (Å²) in [6.07, 6.45) is 2.17. The van der Waals surface area contributed by atoms with Gasteiger partial charge in [-0.3, -0.25) is 10.2 Å². The minimum atomic E-state index is -3.80. The molecule has 100 valence electrons. The predicted octanol–water partition coefficient (Wildman–Crippen LogP) is -1.82. The first-order valence-electron chi connectivity index (χ1n) is 5.04. The SMILES string of the molecule is CCNC(=O)CNS(=O)(=O)c1cnc(NN)nc1. The van der Waals surface area contributed by atoms with Gasteiger partial charge in [0.05, 0.1) is 18.9 Å². The summed E-state index contributed by atoms with van der Waals surface area (Å²) in [5.74, 6) is 4.73. The maximum Gasteiger partial charge on any atom is 0.244 e. The minimum Gasteiger partial charge on any atom is -0.355 e. The van der Waals surface area contributed by atoms with Gasteiger partial charge in [0.15, 0.2) is 0 Å². The molecule has 0 bridgehead atoms. The molecule has 0 unspecified atom stereocenters. The van der Waals surface area contributed by atoms with Crippen LogP contribution in [0.5, 0.6) is 0 Å². The Labute approximate surface area is 104 Å². The first kappa shape index (κ1) is 14.3. The van der Waals surface area contributed by atoms with Gasteiger partial charge in [-0.2, -0.15) is 0 Å². The van der Waals surface area contributed by atoms with E-state index in [-0.39, 0.29) is 17.4 Å². The number of sulfonamides is 1. The highest BCUT2D eigenvalue weighted by Gasteiger charge is 2.16. The van der Waals surface area contributed by atoms with Gasteiger partial charge in [-0.25, -0.2) is 29.0 Å². The molecule has 0 fully saturated rings. The van der Waals surface area contributed by atoms with E-state index in [1.807, 2.05) is 0 Å². The average Bonchev–Trinajstić information content (AvgIpc) is 2.37. The largest absolute Gasteiger partial charge is 0.355 e. The highest BCUT2D eigenvalue weighted by molar-refractivity contribution is 7.89. The standard InChI is InChI=1S/C8H14N6O3S/c1-2-10-7(15)5-13-18(16,17)6-3-11-8(14-9)12-4-6/h3-4,13H,2,5,9H2,1H3,(H,10,15)(H,11,12,14). The van der Waals surface area contributed by atoms with Crippen LogP contribution >= 0.6 is 0 Å². The number of aromatic nitrogens is 2. The number of amides is 1. The van der Waals surface area contributed by atoms with Crippen molar-refractivity contribution < 1.29 is 13.2 Å². The fraction of sp³-hybridized carbons (Fsp3) is 0.375. The second-order valence-corrected chi connectivity index (χ2v) is 4.93. The van der Waals surface area contributed by atoms with Crippen LogP contribution in [0.3, 0.4) is 0 Å². The fourth-order valence-corrected chi connectivity index (χ4v) is 1.90. The van der Waals surface area contributed by atoms with E-state index in [0.29, 0.717) is 6.54 Å². The first-order chi connectivity index (χ1) is 8.49. The third-order valence-corrected chi connectivity index (χ3v) is 3.22. The third-order valence-electron chi connectivity index (χ3n) is 1.86. The van der Waals surface area contributed by atoms with E-state index in [2.05, 4.69) is 25.4 Å². The first-order valence-corrected chi connectivity index (χ1v) is 6.53. The Morgan fingerprint density at radius 3 is 2.50 bits per heavy atom. The summed E-state index contributed by atoms with van der Waals surface area (Å²) in [5, 5.41) is 2.46. The molecule has 0 saturated carbocycles. The van der Waals surface area contributed by atoms with Crippen molar-refractivity contribution in [3.63, 3.8) is 0 Å². The smallest absolute Gasteiger partial charge is 0.244 e. The molecule has 1 aromatic rings. The number of nitrogens with zero attached hydrogens (tertiary/aromatic N) is 2. The van der Waals surface area contributed by atoms with Gasteiger partial charge >= 0.3 is 0 Å². The molecule has 0 atom stereocenters. The highest BCUT2D eigenvalue weighted by atomic mass is 32.2. The zero-order valence-electron chi connectivity index (χ0n) is 9.67. The number of nitrogen functional groups attached to an aromatic ring is 1. The predicted molar refractivity (Wildman–Crippen MR) is 63.7 cm³/mol. The Kier molecular flexibility index (Phi) is 4.95. The summed E-state index contributed by atoms with van der Waals surface area (Å²) in [4.78, 5) is 18.3. The van der Waals surface area contributed by atoms with Crippen molar-refractivity contribution in [2.75, 3.05) is 18.5 Å². The lowest BCUT2D eigenvalue weighted by atomic mass is 10.6. The third kappa shape index (κ3) is 3.91. The lowest BCUT2D eigenvalue weighted by Crippen LogP contribution is -2.36. The van der Waals surface area contributed by atoms with Gasteiger partial charge in [-0.1, -0.05) is 0 Å². The summed E-state index contributed by atoms with van der Waals surface area (Å²) in [6.45, 7) is 1.83. The quantitative estimate of drug-likeness (QED) is 0.353. The van der Waals surface area contributed by atoms with Crippen LogP contribution in [0, 0.1) is 0 Å². The highest BCUT2D eigenvalue weighted by Crippen LogP contribution is 2.06. The van der Waals surface area contributed by atoms with E-state index in [0.717, 1.165) is 12.4 Å².